The summed E-state index contributed by atoms with van der Waals surface area (Å²) < 4.78 is 0. The first-order valence-electron chi connectivity index (χ1n) is 7.03. The van der Waals surface area contributed by atoms with E-state index in [1.54, 1.807) is 0 Å². The summed E-state index contributed by atoms with van der Waals surface area (Å²) >= 11 is 1.47. The number of para-hydroxylation sites is 1. The first-order chi connectivity index (χ1) is 10.3. The van der Waals surface area contributed by atoms with Crippen LogP contribution in [0.2, 0.25) is 0 Å². The molecule has 0 radical (unpaired) electrons. The number of primary amides is 1. The van der Waals surface area contributed by atoms with Crippen LogP contribution < -0.4 is 11.1 Å². The second-order valence-corrected chi connectivity index (χ2v) is 5.78. The Kier molecular flexibility index (Phi) is 6.16. The third kappa shape index (κ3) is 5.52. The molecular weight excluding hydrogens is 280 g/mol. The number of nitrogens with one attached hydrogen (secondary N) is 1. The molecular formula is C17H20N2OS. The Balaban J connectivity index is 1.81. The second-order valence-electron chi connectivity index (χ2n) is 4.77. The quantitative estimate of drug-likeness (QED) is 0.581. The maximum Gasteiger partial charge on any atom is 0.227 e. The molecule has 0 saturated carbocycles. The van der Waals surface area contributed by atoms with Gasteiger partial charge in [-0.15, -0.1) is 11.8 Å². The molecule has 110 valence electrons. The Hall–Kier alpha value is -1.94. The van der Waals surface area contributed by atoms with Crippen molar-refractivity contribution in [2.45, 2.75) is 17.7 Å². The summed E-state index contributed by atoms with van der Waals surface area (Å²) in [5, 5.41) is 3.43. The molecule has 2 aromatic rings. The van der Waals surface area contributed by atoms with Crippen LogP contribution in [0.1, 0.15) is 12.0 Å². The maximum absolute atomic E-state index is 10.9. The van der Waals surface area contributed by atoms with E-state index < -0.39 is 0 Å². The van der Waals surface area contributed by atoms with E-state index in [-0.39, 0.29) is 5.91 Å². The lowest BCUT2D eigenvalue weighted by molar-refractivity contribution is -0.115. The van der Waals surface area contributed by atoms with E-state index >= 15 is 0 Å². The van der Waals surface area contributed by atoms with E-state index in [2.05, 4.69) is 29.6 Å². The molecule has 0 aliphatic rings. The fourth-order valence-corrected chi connectivity index (χ4v) is 2.82. The van der Waals surface area contributed by atoms with Crippen LogP contribution in [0.3, 0.4) is 0 Å². The molecule has 0 atom stereocenters. The number of nitrogens with two attached hydrogens (primary N) is 1. The van der Waals surface area contributed by atoms with Crippen LogP contribution in [0, 0.1) is 0 Å². The van der Waals surface area contributed by atoms with Crippen molar-refractivity contribution in [3.05, 3.63) is 60.2 Å². The fraction of sp³-hybridized carbons (Fsp3) is 0.235. The van der Waals surface area contributed by atoms with Crippen molar-refractivity contribution in [2.24, 2.45) is 5.73 Å². The summed E-state index contributed by atoms with van der Waals surface area (Å²) in [5.41, 5.74) is 7.62. The van der Waals surface area contributed by atoms with E-state index in [0.717, 1.165) is 30.0 Å². The van der Waals surface area contributed by atoms with Crippen molar-refractivity contribution in [2.75, 3.05) is 17.6 Å². The van der Waals surface area contributed by atoms with Gasteiger partial charge in [-0.25, -0.2) is 0 Å². The van der Waals surface area contributed by atoms with Gasteiger partial charge in [-0.2, -0.15) is 0 Å². The lowest BCUT2D eigenvalue weighted by Gasteiger charge is -2.11. The largest absolute Gasteiger partial charge is 0.384 e. The molecule has 0 saturated heterocycles. The van der Waals surface area contributed by atoms with Crippen LogP contribution in [-0.4, -0.2) is 18.2 Å². The van der Waals surface area contributed by atoms with Gasteiger partial charge < -0.3 is 11.1 Å². The molecule has 0 unspecified atom stereocenters. The summed E-state index contributed by atoms with van der Waals surface area (Å²) in [5.74, 6) is 0.0155. The number of carbonyl (C=O) groups is 1. The van der Waals surface area contributed by atoms with Gasteiger partial charge in [-0.3, -0.25) is 4.79 Å². The van der Waals surface area contributed by atoms with E-state index in [4.69, 9.17) is 5.73 Å². The van der Waals surface area contributed by atoms with Crippen molar-refractivity contribution in [1.29, 1.82) is 0 Å². The number of hydrogen-bond donors (Lipinski definition) is 2. The summed E-state index contributed by atoms with van der Waals surface area (Å²) in [7, 11) is 0. The van der Waals surface area contributed by atoms with Crippen LogP contribution >= 0.6 is 11.8 Å². The summed E-state index contributed by atoms with van der Waals surface area (Å²) in [4.78, 5) is 11.9. The number of thioether (sulfide) groups is 1. The molecule has 3 N–H and O–H groups in total. The number of rotatable bonds is 8. The van der Waals surface area contributed by atoms with Crippen molar-refractivity contribution < 1.29 is 4.79 Å². The van der Waals surface area contributed by atoms with Crippen molar-refractivity contribution >= 4 is 23.4 Å². The van der Waals surface area contributed by atoms with Gasteiger partial charge >= 0.3 is 0 Å². The van der Waals surface area contributed by atoms with Gasteiger partial charge in [0.25, 0.3) is 0 Å². The van der Waals surface area contributed by atoms with Gasteiger partial charge in [0, 0.05) is 17.1 Å². The average Bonchev–Trinajstić information content (AvgIpc) is 2.51. The molecule has 3 nitrogen and oxygen atoms in total. The average molecular weight is 300 g/mol. The van der Waals surface area contributed by atoms with Gasteiger partial charge in [0.1, 0.15) is 0 Å². The van der Waals surface area contributed by atoms with Gasteiger partial charge in [0.2, 0.25) is 5.91 Å². The van der Waals surface area contributed by atoms with Gasteiger partial charge in [-0.05, 0) is 30.5 Å². The number of benzene rings is 2. The Morgan fingerprint density at radius 1 is 1.05 bits per heavy atom. The van der Waals surface area contributed by atoms with Crippen LogP contribution in [0.4, 0.5) is 5.69 Å². The van der Waals surface area contributed by atoms with E-state index in [9.17, 15) is 4.79 Å². The molecule has 0 heterocycles. The fourth-order valence-electron chi connectivity index (χ4n) is 2.05. The summed E-state index contributed by atoms with van der Waals surface area (Å²) in [6, 6.07) is 18.5. The molecule has 0 bridgehead atoms. The highest BCUT2D eigenvalue weighted by Gasteiger charge is 2.03. The third-order valence-electron chi connectivity index (χ3n) is 3.06. The normalized spacial score (nSPS) is 10.3. The minimum Gasteiger partial charge on any atom is -0.384 e. The summed E-state index contributed by atoms with van der Waals surface area (Å²) in [6.45, 7) is 0.906. The standard InChI is InChI=1S/C17H20N2OS/c18-17(20)13-21-16-11-5-4-10-15(16)19-12-6-9-14-7-2-1-3-8-14/h1-5,7-8,10-11,19H,6,9,12-13H2,(H2,18,20). The summed E-state index contributed by atoms with van der Waals surface area (Å²) in [6.07, 6.45) is 2.13. The van der Waals surface area contributed by atoms with E-state index in [0.29, 0.717) is 5.75 Å². The van der Waals surface area contributed by atoms with Crippen molar-refractivity contribution in [3.8, 4) is 0 Å². The van der Waals surface area contributed by atoms with Gasteiger partial charge in [-0.1, -0.05) is 42.5 Å². The molecule has 0 spiro atoms. The smallest absolute Gasteiger partial charge is 0.227 e. The van der Waals surface area contributed by atoms with Gasteiger partial charge in [0.15, 0.2) is 0 Å². The highest BCUT2D eigenvalue weighted by Crippen LogP contribution is 2.26. The number of anilines is 1. The molecule has 0 fully saturated rings. The maximum atomic E-state index is 10.9. The van der Waals surface area contributed by atoms with Gasteiger partial charge in [0.05, 0.1) is 5.75 Å². The molecule has 21 heavy (non-hydrogen) atoms. The van der Waals surface area contributed by atoms with Crippen LogP contribution in [-0.2, 0) is 11.2 Å². The number of carbonyl (C=O) groups excluding carboxylic acids is 1. The zero-order chi connectivity index (χ0) is 14.9. The van der Waals surface area contributed by atoms with Crippen molar-refractivity contribution in [1.82, 2.24) is 0 Å². The molecule has 2 rings (SSSR count). The predicted molar refractivity (Wildman–Crippen MR) is 89.6 cm³/mol. The SMILES string of the molecule is NC(=O)CSc1ccccc1NCCCc1ccccc1. The van der Waals surface area contributed by atoms with E-state index in [1.165, 1.54) is 17.3 Å². The molecule has 0 aliphatic carbocycles. The van der Waals surface area contributed by atoms with Crippen LogP contribution in [0.25, 0.3) is 0 Å². The highest BCUT2D eigenvalue weighted by atomic mass is 32.2. The van der Waals surface area contributed by atoms with Crippen molar-refractivity contribution in [3.63, 3.8) is 0 Å². The monoisotopic (exact) mass is 300 g/mol. The van der Waals surface area contributed by atoms with E-state index in [1.807, 2.05) is 30.3 Å². The lowest BCUT2D eigenvalue weighted by atomic mass is 10.1. The third-order valence-corrected chi connectivity index (χ3v) is 4.15. The molecule has 0 aromatic heterocycles. The Morgan fingerprint density at radius 3 is 2.52 bits per heavy atom. The number of amides is 1. The minimum atomic E-state index is -0.293. The highest BCUT2D eigenvalue weighted by molar-refractivity contribution is 8.00. The second kappa shape index (κ2) is 8.37. The molecule has 0 aliphatic heterocycles. The predicted octanol–water partition coefficient (Wildman–Crippen LogP) is 3.31. The first-order valence-corrected chi connectivity index (χ1v) is 8.02. The Labute approximate surface area is 129 Å². The minimum absolute atomic E-state index is 0.293. The lowest BCUT2D eigenvalue weighted by Crippen LogP contribution is -2.13. The molecule has 4 heteroatoms. The van der Waals surface area contributed by atoms with Crippen LogP contribution in [0.5, 0.6) is 0 Å². The zero-order valence-corrected chi connectivity index (χ0v) is 12.7. The molecule has 1 amide bonds. The Morgan fingerprint density at radius 2 is 1.76 bits per heavy atom. The first kappa shape index (κ1) is 15.4. The zero-order valence-electron chi connectivity index (χ0n) is 11.9. The van der Waals surface area contributed by atoms with Crippen LogP contribution in [0.15, 0.2) is 59.5 Å². The number of aryl methyl sites for hydroxylation is 1. The topological polar surface area (TPSA) is 55.1 Å². The number of hydrogen-bond acceptors (Lipinski definition) is 3. The molecule has 2 aromatic carbocycles. The Bertz CT molecular complexity index is 572.